The van der Waals surface area contributed by atoms with Gasteiger partial charge in [0, 0.05) is 112 Å². The molecule has 0 unspecified atom stereocenters. The molecule has 0 spiro atoms. The molecular weight excluding hydrogens is 1690 g/mol. The minimum atomic E-state index is -5.19. The van der Waals surface area contributed by atoms with E-state index in [1.54, 1.807) is 0 Å². The molecule has 45 heteroatoms. The van der Waals surface area contributed by atoms with Crippen LogP contribution in [0, 0.1) is 0 Å². The molecule has 682 valence electrons. The fourth-order valence-electron chi connectivity index (χ4n) is 11.9. The molecule has 3 amide bonds. The number of halogens is 3. The number of carboxylic acids is 4. The first-order chi connectivity index (χ1) is 59.2. The van der Waals surface area contributed by atoms with Gasteiger partial charge in [0.1, 0.15) is 36.9 Å². The average Bonchev–Trinajstić information content (AvgIpc) is 0.745. The second-order valence-electron chi connectivity index (χ2n) is 26.9. The molecule has 15 N–H and O–H groups in total. The number of fused-ring (bicyclic) bond motifs is 6. The van der Waals surface area contributed by atoms with Gasteiger partial charge in [-0.15, -0.1) is 0 Å². The van der Waals surface area contributed by atoms with E-state index in [4.69, 9.17) is 95.9 Å². The first kappa shape index (κ1) is 106. The highest BCUT2D eigenvalue weighted by molar-refractivity contribution is 7.86. The van der Waals surface area contributed by atoms with Crippen molar-refractivity contribution in [3.8, 4) is 22.5 Å². The molecule has 8 aromatic rings. The number of pyridine rings is 2. The van der Waals surface area contributed by atoms with E-state index in [0.29, 0.717) is 147 Å². The Morgan fingerprint density at radius 3 is 1.16 bits per heavy atom. The molecule has 0 aliphatic heterocycles. The Morgan fingerprint density at radius 1 is 0.472 bits per heavy atom. The molecule has 2 heterocycles. The highest BCUT2D eigenvalue weighted by Gasteiger charge is 2.30. The summed E-state index contributed by atoms with van der Waals surface area (Å²) in [6.07, 6.45) is 0.192. The summed E-state index contributed by atoms with van der Waals surface area (Å²) in [5, 5.41) is 56.0. The van der Waals surface area contributed by atoms with Gasteiger partial charge < -0.3 is 106 Å². The molecule has 40 nitrogen and oxygen atoms in total. The summed E-state index contributed by atoms with van der Waals surface area (Å²) in [7, 11) is -9.10. The summed E-state index contributed by atoms with van der Waals surface area (Å²) >= 11 is 0. The van der Waals surface area contributed by atoms with Gasteiger partial charge >= 0.3 is 24.1 Å². The zero-order valence-corrected chi connectivity index (χ0v) is 69.7. The summed E-state index contributed by atoms with van der Waals surface area (Å²) in [6, 6.07) is 40.3. The number of nitrogen functional groups attached to an aromatic ring is 2. The number of ether oxygens (including phenoxy) is 8. The number of nitrogens with one attached hydrogen (secondary N) is 3. The van der Waals surface area contributed by atoms with Crippen LogP contribution in [0.15, 0.2) is 144 Å². The van der Waals surface area contributed by atoms with Crippen LogP contribution in [0.4, 0.5) is 35.9 Å². The van der Waals surface area contributed by atoms with E-state index < -0.39 is 79.8 Å². The molecule has 0 aliphatic rings. The van der Waals surface area contributed by atoms with Crippen LogP contribution >= 0.6 is 0 Å². The Kier molecular flexibility index (Phi) is 48.2. The number of carbonyl (C=O) groups is 7. The lowest BCUT2D eigenvalue weighted by atomic mass is 9.98. The SMILES string of the molecule is N[C@H](CS(=O)(=O)O)C(=O)O.O.O=C([O-])C(F)(F)F.[N-]=[N+]=Nc1ccc2c3ccc(N)cc3c(-c3ccccc3)[n+](CCCCCC(=O)NCCOCCOCCOCCOCCC(=O)N[C@@H](CS(=O)(=O)[O-])C(=O)O)c2c1.[N-]=[N+]=Nc1ccc2c3ccc(N)cc3c(-c3ccccc3)[n+](CCCCCC(=O)NCCOCCOCCOCCOCCC(=O)O)c2c1. The number of azide groups is 2. The summed E-state index contributed by atoms with van der Waals surface area (Å²) < 4.78 is 139. The smallest absolute Gasteiger partial charge is 0.430 e. The maximum absolute atomic E-state index is 12.5. The summed E-state index contributed by atoms with van der Waals surface area (Å²) in [5.41, 5.74) is 44.0. The Balaban J connectivity index is 0.000000441. The van der Waals surface area contributed by atoms with Crippen LogP contribution < -0.4 is 47.4 Å². The monoisotopic (exact) mass is 1800 g/mol. The Labute approximate surface area is 716 Å². The second kappa shape index (κ2) is 57.0. The molecule has 0 aliphatic carbocycles. The number of rotatable bonds is 53. The number of aromatic nitrogens is 2. The third-order valence-corrected chi connectivity index (χ3v) is 19.0. The van der Waals surface area contributed by atoms with E-state index in [1.165, 1.54) is 0 Å². The number of alkyl halides is 3. The van der Waals surface area contributed by atoms with Crippen LogP contribution in [0.1, 0.15) is 64.2 Å². The van der Waals surface area contributed by atoms with Gasteiger partial charge in [0.25, 0.3) is 10.1 Å². The largest absolute Gasteiger partial charge is 0.748 e. The molecule has 8 rings (SSSR count). The van der Waals surface area contributed by atoms with Crippen molar-refractivity contribution >= 4 is 128 Å². The summed E-state index contributed by atoms with van der Waals surface area (Å²) in [5.74, 6) is -10.0. The third kappa shape index (κ3) is 41.2. The van der Waals surface area contributed by atoms with Crippen LogP contribution in [-0.2, 0) is 105 Å². The Morgan fingerprint density at radius 2 is 0.832 bits per heavy atom. The van der Waals surface area contributed by atoms with Crippen LogP contribution in [-0.4, -0.2) is 237 Å². The lowest BCUT2D eigenvalue weighted by molar-refractivity contribution is -0.660. The van der Waals surface area contributed by atoms with Crippen molar-refractivity contribution < 1.29 is 146 Å². The van der Waals surface area contributed by atoms with Gasteiger partial charge in [-0.3, -0.25) is 28.5 Å². The normalized spacial score (nSPS) is 11.7. The van der Waals surface area contributed by atoms with Gasteiger partial charge in [0.2, 0.25) is 40.1 Å². The lowest BCUT2D eigenvalue weighted by Gasteiger charge is -2.16. The van der Waals surface area contributed by atoms with Crippen LogP contribution in [0.2, 0.25) is 0 Å². The first-order valence-electron chi connectivity index (χ1n) is 38.8. The van der Waals surface area contributed by atoms with Crippen molar-refractivity contribution in [3.63, 3.8) is 0 Å². The van der Waals surface area contributed by atoms with Crippen LogP contribution in [0.5, 0.6) is 0 Å². The number of unbranched alkanes of at least 4 members (excludes halogenated alkanes) is 4. The van der Waals surface area contributed by atoms with Crippen molar-refractivity contribution in [2.24, 2.45) is 16.0 Å². The third-order valence-electron chi connectivity index (χ3n) is 17.5. The summed E-state index contributed by atoms with van der Waals surface area (Å²) in [4.78, 5) is 82.7. The number of hydrogen-bond donors (Lipinski definition) is 10. The van der Waals surface area contributed by atoms with E-state index in [2.05, 4.69) is 64.1 Å². The predicted octanol–water partition coefficient (Wildman–Crippen LogP) is 6.17. The van der Waals surface area contributed by atoms with E-state index >= 15 is 0 Å². The zero-order valence-electron chi connectivity index (χ0n) is 68.1. The topological polar surface area (TPSA) is 640 Å². The predicted molar refractivity (Wildman–Crippen MR) is 448 cm³/mol. The number of nitrogens with zero attached hydrogens (tertiary/aromatic N) is 8. The number of hydrogen-bond acceptors (Lipinski definition) is 26. The fourth-order valence-corrected chi connectivity index (χ4v) is 13.2. The van der Waals surface area contributed by atoms with Crippen molar-refractivity contribution in [1.29, 1.82) is 0 Å². The molecule has 0 fully saturated rings. The van der Waals surface area contributed by atoms with Gasteiger partial charge in [-0.05, 0) is 97.4 Å². The van der Waals surface area contributed by atoms with Crippen LogP contribution in [0.3, 0.4) is 0 Å². The number of amides is 3. The number of aliphatic carboxylic acids is 4. The number of carboxylic acid groups (broad SMARTS) is 4. The highest BCUT2D eigenvalue weighted by atomic mass is 32.2. The Bertz CT molecular complexity index is 5140. The lowest BCUT2D eigenvalue weighted by Crippen LogP contribution is -2.45. The van der Waals surface area contributed by atoms with Crippen molar-refractivity contribution in [1.82, 2.24) is 16.0 Å². The number of benzene rings is 6. The molecule has 0 saturated heterocycles. The van der Waals surface area contributed by atoms with E-state index in [9.17, 15) is 63.3 Å². The molecular formula is C80H103F3N14O26S2. The average molecular weight is 1800 g/mol. The van der Waals surface area contributed by atoms with E-state index in [1.807, 2.05) is 115 Å². The molecule has 0 radical (unpaired) electrons. The molecule has 6 aromatic carbocycles. The molecule has 2 atom stereocenters. The van der Waals surface area contributed by atoms with Crippen molar-refractivity contribution in [2.45, 2.75) is 95.6 Å². The van der Waals surface area contributed by atoms with Gasteiger partial charge in [0.05, 0.1) is 150 Å². The second-order valence-corrected chi connectivity index (χ2v) is 29.8. The first-order valence-corrected chi connectivity index (χ1v) is 42.0. The number of carbonyl (C=O) groups excluding carboxylic acids is 4. The molecule has 2 aromatic heterocycles. The van der Waals surface area contributed by atoms with Crippen molar-refractivity contribution in [3.05, 3.63) is 154 Å². The molecule has 0 saturated carbocycles. The van der Waals surface area contributed by atoms with Gasteiger partial charge in [-0.25, -0.2) is 13.2 Å². The quantitative estimate of drug-likeness (QED) is 0.00298. The maximum Gasteiger partial charge on any atom is 0.430 e. The standard InChI is InChI=1S/C39H49N7O11S.C36H44N6O7.C3H7NO5S.C2HF3O2.H2O/c40-29-10-12-31-32-13-11-30(44-45-41)26-35(32)46(38(33(31)25-29)28-7-3-1-4-8-28)16-6-2-5-9-36(47)42-15-18-55-20-22-57-24-23-56-21-19-54-17-14-37(48)43-34(39(49)50)27-58(51,52)53;37-28-10-12-30-31-13-11-29(40-41-38)26-33(31)42(36(32(30)25-28)27-7-3-1-4-8-27)16-6-2-5-9-34(43)39-15-18-47-20-22-49-24-23-48-21-19-46-17-14-35(44)45;4-2(3(5)6)1-10(7,8)9;3-2(4,5)1(6)7;/h1,3-4,7-8,10-13,25-26,34H,2,5-6,9,14-24,27,40H2,(H3-,42,43,47,48,49,50,51,52,53);1,3-4,7-8,10-13,25-26H,2,5-6,9,14-24,37H2,(H-,39,43,44,45);2H,1,4H2,(H,5,6)(H,7,8,9);(H,6,7);1H2/t34-;;2-;;/m0.1../s1. The number of anilines is 2. The maximum atomic E-state index is 12.5. The van der Waals surface area contributed by atoms with Gasteiger partial charge in [-0.2, -0.15) is 30.7 Å². The minimum absolute atomic E-state index is 0. The van der Waals surface area contributed by atoms with Gasteiger partial charge in [0.15, 0.2) is 0 Å². The number of nitrogens with two attached hydrogens (primary N) is 3. The molecule has 125 heavy (non-hydrogen) atoms. The van der Waals surface area contributed by atoms with E-state index in [-0.39, 0.29) is 56.6 Å². The summed E-state index contributed by atoms with van der Waals surface area (Å²) in [6.45, 7) is 7.11. The minimum Gasteiger partial charge on any atom is -0.748 e. The van der Waals surface area contributed by atoms with E-state index in [0.717, 1.165) is 98.0 Å². The van der Waals surface area contributed by atoms with Crippen molar-refractivity contribution in [2.75, 3.05) is 142 Å². The molecule has 0 bridgehead atoms. The van der Waals surface area contributed by atoms with Gasteiger partial charge in [-0.1, -0.05) is 70.9 Å². The fraction of sp³-hybridized carbons (Fsp3) is 0.438. The zero-order chi connectivity index (χ0) is 90.9. The highest BCUT2D eigenvalue weighted by Crippen LogP contribution is 2.37. The van der Waals surface area contributed by atoms with Crippen LogP contribution in [0.25, 0.3) is 86.8 Å². The number of aryl methyl sites for hydroxylation is 2. The Hall–Kier alpha value is -11.6.